The molecule has 3 rings (SSSR count). The molecule has 0 bridgehead atoms. The number of rotatable bonds is 6. The van der Waals surface area contributed by atoms with Gasteiger partial charge in [0.1, 0.15) is 12.1 Å². The molecule has 134 valence electrons. The lowest BCUT2D eigenvalue weighted by atomic mass is 9.98. The molecule has 0 spiro atoms. The fourth-order valence-corrected chi connectivity index (χ4v) is 3.45. The Morgan fingerprint density at radius 1 is 1.24 bits per heavy atom. The molecular formula is C19H27N5O. The number of imidazole rings is 1. The minimum atomic E-state index is -0.0431. The van der Waals surface area contributed by atoms with Gasteiger partial charge in [0.05, 0.1) is 6.04 Å². The van der Waals surface area contributed by atoms with Crippen molar-refractivity contribution in [1.29, 1.82) is 0 Å². The molecule has 1 saturated heterocycles. The van der Waals surface area contributed by atoms with Crippen LogP contribution in [0.2, 0.25) is 0 Å². The van der Waals surface area contributed by atoms with Gasteiger partial charge in [-0.15, -0.1) is 0 Å². The molecule has 3 heterocycles. The molecule has 1 amide bonds. The Labute approximate surface area is 149 Å². The topological polar surface area (TPSA) is 63.1 Å². The van der Waals surface area contributed by atoms with Gasteiger partial charge in [-0.05, 0) is 43.5 Å². The lowest BCUT2D eigenvalue weighted by molar-refractivity contribution is -0.128. The molecule has 2 aromatic heterocycles. The second-order valence-electron chi connectivity index (χ2n) is 7.00. The van der Waals surface area contributed by atoms with Crippen molar-refractivity contribution < 1.29 is 4.79 Å². The predicted molar refractivity (Wildman–Crippen MR) is 97.3 cm³/mol. The number of carbonyl (C=O) groups is 1. The molecule has 1 fully saturated rings. The molecule has 1 atom stereocenters. The summed E-state index contributed by atoms with van der Waals surface area (Å²) in [6.07, 6.45) is 10.8. The highest BCUT2D eigenvalue weighted by Crippen LogP contribution is 2.18. The summed E-state index contributed by atoms with van der Waals surface area (Å²) in [5, 5.41) is 3.09. The summed E-state index contributed by atoms with van der Waals surface area (Å²) < 4.78 is 1.85. The van der Waals surface area contributed by atoms with E-state index in [9.17, 15) is 4.79 Å². The average Bonchev–Trinajstić information content (AvgIpc) is 3.16. The quantitative estimate of drug-likeness (QED) is 0.876. The van der Waals surface area contributed by atoms with Crippen molar-refractivity contribution in [3.63, 3.8) is 0 Å². The van der Waals surface area contributed by atoms with Crippen LogP contribution in [0.4, 0.5) is 0 Å². The van der Waals surface area contributed by atoms with Crippen LogP contribution >= 0.6 is 0 Å². The first kappa shape index (κ1) is 17.6. The van der Waals surface area contributed by atoms with Crippen molar-refractivity contribution in [3.8, 4) is 5.82 Å². The van der Waals surface area contributed by atoms with Gasteiger partial charge in [-0.25, -0.2) is 9.97 Å². The third kappa shape index (κ3) is 4.45. The highest BCUT2D eigenvalue weighted by Gasteiger charge is 2.29. The smallest absolute Gasteiger partial charge is 0.237 e. The SMILES string of the molecule is CC(C)[C@H](C(=O)NCc1ccc(-n2ccnc2)nc1)N1CCCCC1. The Bertz CT molecular complexity index is 660. The summed E-state index contributed by atoms with van der Waals surface area (Å²) in [6, 6.07) is 3.89. The van der Waals surface area contributed by atoms with Crippen molar-refractivity contribution in [3.05, 3.63) is 42.6 Å². The van der Waals surface area contributed by atoms with Crippen molar-refractivity contribution in [2.75, 3.05) is 13.1 Å². The second kappa shape index (κ2) is 8.25. The molecule has 6 heteroatoms. The van der Waals surface area contributed by atoms with Gasteiger partial charge >= 0.3 is 0 Å². The Balaban J connectivity index is 1.58. The zero-order chi connectivity index (χ0) is 17.6. The summed E-state index contributed by atoms with van der Waals surface area (Å²) in [7, 11) is 0. The lowest BCUT2D eigenvalue weighted by Gasteiger charge is -2.35. The van der Waals surface area contributed by atoms with E-state index in [1.165, 1.54) is 19.3 Å². The van der Waals surface area contributed by atoms with E-state index in [2.05, 4.69) is 34.0 Å². The van der Waals surface area contributed by atoms with Crippen LogP contribution in [0.25, 0.3) is 5.82 Å². The fourth-order valence-electron chi connectivity index (χ4n) is 3.45. The van der Waals surface area contributed by atoms with E-state index < -0.39 is 0 Å². The fraction of sp³-hybridized carbons (Fsp3) is 0.526. The van der Waals surface area contributed by atoms with Crippen LogP contribution in [0.1, 0.15) is 38.7 Å². The summed E-state index contributed by atoms with van der Waals surface area (Å²) >= 11 is 0. The van der Waals surface area contributed by atoms with Crippen molar-refractivity contribution in [2.24, 2.45) is 5.92 Å². The van der Waals surface area contributed by atoms with Gasteiger partial charge in [0.2, 0.25) is 5.91 Å². The molecule has 1 aliphatic heterocycles. The van der Waals surface area contributed by atoms with E-state index >= 15 is 0 Å². The van der Waals surface area contributed by atoms with Crippen molar-refractivity contribution in [1.82, 2.24) is 24.8 Å². The summed E-state index contributed by atoms with van der Waals surface area (Å²) in [6.45, 7) is 6.81. The summed E-state index contributed by atoms with van der Waals surface area (Å²) in [5.41, 5.74) is 0.998. The number of carbonyl (C=O) groups excluding carboxylic acids is 1. The Morgan fingerprint density at radius 2 is 2.04 bits per heavy atom. The number of nitrogens with zero attached hydrogens (tertiary/aromatic N) is 4. The molecule has 0 aliphatic carbocycles. The first-order valence-corrected chi connectivity index (χ1v) is 9.10. The number of piperidine rings is 1. The van der Waals surface area contributed by atoms with Gasteiger partial charge in [-0.2, -0.15) is 0 Å². The first-order valence-electron chi connectivity index (χ1n) is 9.10. The van der Waals surface area contributed by atoms with Crippen LogP contribution in [0.5, 0.6) is 0 Å². The second-order valence-corrected chi connectivity index (χ2v) is 7.00. The molecule has 1 N–H and O–H groups in total. The number of likely N-dealkylation sites (tertiary alicyclic amines) is 1. The number of amides is 1. The number of nitrogens with one attached hydrogen (secondary N) is 1. The maximum absolute atomic E-state index is 12.7. The van der Waals surface area contributed by atoms with Gasteiger partial charge in [0.25, 0.3) is 0 Å². The summed E-state index contributed by atoms with van der Waals surface area (Å²) in [4.78, 5) is 23.5. The van der Waals surface area contributed by atoms with Gasteiger partial charge in [-0.3, -0.25) is 14.3 Å². The third-order valence-electron chi connectivity index (χ3n) is 4.73. The summed E-state index contributed by atoms with van der Waals surface area (Å²) in [5.74, 6) is 1.25. The molecule has 0 radical (unpaired) electrons. The molecule has 1 aliphatic rings. The van der Waals surface area contributed by atoms with Crippen LogP contribution in [0.3, 0.4) is 0 Å². The first-order chi connectivity index (χ1) is 12.1. The zero-order valence-corrected chi connectivity index (χ0v) is 15.1. The molecule has 6 nitrogen and oxygen atoms in total. The van der Waals surface area contributed by atoms with Crippen LogP contribution in [-0.4, -0.2) is 44.5 Å². The van der Waals surface area contributed by atoms with Gasteiger partial charge in [0.15, 0.2) is 0 Å². The van der Waals surface area contributed by atoms with Gasteiger partial charge in [0, 0.05) is 25.1 Å². The Hall–Kier alpha value is -2.21. The van der Waals surface area contributed by atoms with Crippen LogP contribution in [-0.2, 0) is 11.3 Å². The van der Waals surface area contributed by atoms with Crippen LogP contribution in [0.15, 0.2) is 37.1 Å². The average molecular weight is 341 g/mol. The van der Waals surface area contributed by atoms with E-state index in [1.807, 2.05) is 22.9 Å². The minimum Gasteiger partial charge on any atom is -0.351 e. The van der Waals surface area contributed by atoms with E-state index in [1.54, 1.807) is 18.7 Å². The normalized spacial score (nSPS) is 16.8. The minimum absolute atomic E-state index is 0.0431. The largest absolute Gasteiger partial charge is 0.351 e. The van der Waals surface area contributed by atoms with Gasteiger partial charge in [-0.1, -0.05) is 26.3 Å². The van der Waals surface area contributed by atoms with E-state index in [0.717, 1.165) is 24.5 Å². The zero-order valence-electron chi connectivity index (χ0n) is 15.1. The Morgan fingerprint density at radius 3 is 2.64 bits per heavy atom. The molecule has 2 aromatic rings. The lowest BCUT2D eigenvalue weighted by Crippen LogP contribution is -2.51. The highest BCUT2D eigenvalue weighted by atomic mass is 16.2. The van der Waals surface area contributed by atoms with Crippen LogP contribution in [0, 0.1) is 5.92 Å². The van der Waals surface area contributed by atoms with Crippen molar-refractivity contribution >= 4 is 5.91 Å². The molecule has 0 unspecified atom stereocenters. The number of hydrogen-bond donors (Lipinski definition) is 1. The number of pyridine rings is 1. The number of hydrogen-bond acceptors (Lipinski definition) is 4. The molecule has 25 heavy (non-hydrogen) atoms. The monoisotopic (exact) mass is 341 g/mol. The standard InChI is InChI=1S/C19H27N5O/c1-15(2)18(23-9-4-3-5-10-23)19(25)22-13-16-6-7-17(21-12-16)24-11-8-20-14-24/h6-8,11-12,14-15,18H,3-5,9-10,13H2,1-2H3,(H,22,25)/t18-/m1/s1. The van der Waals surface area contributed by atoms with E-state index in [4.69, 9.17) is 0 Å². The Kier molecular flexibility index (Phi) is 5.81. The van der Waals surface area contributed by atoms with Gasteiger partial charge < -0.3 is 5.32 Å². The van der Waals surface area contributed by atoms with E-state index in [0.29, 0.717) is 12.5 Å². The third-order valence-corrected chi connectivity index (χ3v) is 4.73. The van der Waals surface area contributed by atoms with Crippen molar-refractivity contribution in [2.45, 2.75) is 45.7 Å². The maximum atomic E-state index is 12.7. The highest BCUT2D eigenvalue weighted by molar-refractivity contribution is 5.82. The molecular weight excluding hydrogens is 314 g/mol. The number of aromatic nitrogens is 3. The predicted octanol–water partition coefficient (Wildman–Crippen LogP) is 2.39. The van der Waals surface area contributed by atoms with E-state index in [-0.39, 0.29) is 11.9 Å². The molecule has 0 aromatic carbocycles. The molecule has 0 saturated carbocycles. The maximum Gasteiger partial charge on any atom is 0.237 e. The van der Waals surface area contributed by atoms with Crippen LogP contribution < -0.4 is 5.32 Å².